The molecule has 1 N–H and O–H groups in total. The van der Waals surface area contributed by atoms with Gasteiger partial charge in [0.2, 0.25) is 0 Å². The van der Waals surface area contributed by atoms with Crippen LogP contribution in [0.5, 0.6) is 5.75 Å². The van der Waals surface area contributed by atoms with Crippen LogP contribution < -0.4 is 10.1 Å². The van der Waals surface area contributed by atoms with Crippen LogP contribution in [0.2, 0.25) is 0 Å². The maximum absolute atomic E-state index is 11.9. The minimum Gasteiger partial charge on any atom is -0.481 e. The average Bonchev–Trinajstić information content (AvgIpc) is 2.31. The molecule has 1 aromatic rings. The molecule has 0 bridgehead atoms. The summed E-state index contributed by atoms with van der Waals surface area (Å²) >= 11 is 0. The van der Waals surface area contributed by atoms with E-state index in [1.807, 2.05) is 38.1 Å². The number of carbonyl (C=O) groups excluding carboxylic acids is 1. The minimum absolute atomic E-state index is 0.0700. The largest absolute Gasteiger partial charge is 0.481 e. The normalized spacial score (nSPS) is 14.1. The monoisotopic (exact) mass is 249 g/mol. The van der Waals surface area contributed by atoms with Gasteiger partial charge in [-0.3, -0.25) is 4.79 Å². The van der Waals surface area contributed by atoms with Crippen molar-refractivity contribution in [1.82, 2.24) is 5.32 Å². The quantitative estimate of drug-likeness (QED) is 0.871. The first-order chi connectivity index (χ1) is 8.41. The zero-order valence-electron chi connectivity index (χ0n) is 11.9. The van der Waals surface area contributed by atoms with E-state index in [9.17, 15) is 4.79 Å². The number of carbonyl (C=O) groups is 1. The Morgan fingerprint density at radius 2 is 1.78 bits per heavy atom. The van der Waals surface area contributed by atoms with Gasteiger partial charge in [0.15, 0.2) is 6.10 Å². The van der Waals surface area contributed by atoms with Crippen LogP contribution in [0.4, 0.5) is 0 Å². The van der Waals surface area contributed by atoms with Crippen LogP contribution in [-0.4, -0.2) is 18.1 Å². The number of benzene rings is 1. The van der Waals surface area contributed by atoms with Crippen LogP contribution in [0.3, 0.4) is 0 Å². The van der Waals surface area contributed by atoms with Crippen molar-refractivity contribution in [3.8, 4) is 5.75 Å². The fourth-order valence-electron chi connectivity index (χ4n) is 1.44. The van der Waals surface area contributed by atoms with Crippen molar-refractivity contribution in [2.75, 3.05) is 0 Å². The van der Waals surface area contributed by atoms with E-state index in [0.29, 0.717) is 5.92 Å². The van der Waals surface area contributed by atoms with Crippen molar-refractivity contribution in [2.24, 2.45) is 5.92 Å². The summed E-state index contributed by atoms with van der Waals surface area (Å²) in [6.07, 6.45) is -0.479. The van der Waals surface area contributed by atoms with Crippen molar-refractivity contribution in [3.05, 3.63) is 29.8 Å². The first-order valence-electron chi connectivity index (χ1n) is 6.44. The molecular formula is C15H23NO2. The highest BCUT2D eigenvalue weighted by Gasteiger charge is 2.18. The maximum Gasteiger partial charge on any atom is 0.260 e. The van der Waals surface area contributed by atoms with Gasteiger partial charge in [-0.15, -0.1) is 0 Å². The van der Waals surface area contributed by atoms with E-state index in [-0.39, 0.29) is 11.9 Å². The zero-order chi connectivity index (χ0) is 13.7. The van der Waals surface area contributed by atoms with Crippen molar-refractivity contribution < 1.29 is 9.53 Å². The van der Waals surface area contributed by atoms with Crippen LogP contribution >= 0.6 is 0 Å². The van der Waals surface area contributed by atoms with Gasteiger partial charge in [0, 0.05) is 6.04 Å². The molecule has 0 aromatic heterocycles. The van der Waals surface area contributed by atoms with Gasteiger partial charge in [-0.25, -0.2) is 0 Å². The summed E-state index contributed by atoms with van der Waals surface area (Å²) < 4.78 is 5.68. The van der Waals surface area contributed by atoms with Crippen LogP contribution in [0.15, 0.2) is 24.3 Å². The highest BCUT2D eigenvalue weighted by Crippen LogP contribution is 2.17. The topological polar surface area (TPSA) is 38.3 Å². The van der Waals surface area contributed by atoms with Gasteiger partial charge in [0.05, 0.1) is 0 Å². The Balaban J connectivity index is 2.58. The van der Waals surface area contributed by atoms with Crippen molar-refractivity contribution in [2.45, 2.75) is 46.8 Å². The Morgan fingerprint density at radius 1 is 1.17 bits per heavy atom. The number of aryl methyl sites for hydroxylation is 1. The van der Waals surface area contributed by atoms with Gasteiger partial charge in [-0.05, 0) is 38.3 Å². The lowest BCUT2D eigenvalue weighted by Crippen LogP contribution is -2.43. The molecule has 0 fully saturated rings. The first-order valence-corrected chi connectivity index (χ1v) is 6.44. The fraction of sp³-hybridized carbons (Fsp3) is 0.533. The number of para-hydroxylation sites is 1. The number of amides is 1. The van der Waals surface area contributed by atoms with Crippen molar-refractivity contribution in [3.63, 3.8) is 0 Å². The molecule has 1 aromatic carbocycles. The molecule has 3 nitrogen and oxygen atoms in total. The molecule has 100 valence electrons. The summed E-state index contributed by atoms with van der Waals surface area (Å²) in [7, 11) is 0. The molecule has 2 unspecified atom stereocenters. The molecule has 18 heavy (non-hydrogen) atoms. The third kappa shape index (κ3) is 4.06. The zero-order valence-corrected chi connectivity index (χ0v) is 11.9. The van der Waals surface area contributed by atoms with Gasteiger partial charge in [0.25, 0.3) is 5.91 Å². The maximum atomic E-state index is 11.9. The highest BCUT2D eigenvalue weighted by molar-refractivity contribution is 5.81. The van der Waals surface area contributed by atoms with Crippen molar-refractivity contribution >= 4 is 5.91 Å². The van der Waals surface area contributed by atoms with E-state index in [2.05, 4.69) is 19.2 Å². The van der Waals surface area contributed by atoms with Gasteiger partial charge < -0.3 is 10.1 Å². The standard InChI is InChI=1S/C15H23NO2/c1-10(2)12(4)16-15(17)13(5)18-14-9-7-6-8-11(14)3/h6-10,12-13H,1-5H3,(H,16,17). The van der Waals surface area contributed by atoms with Crippen LogP contribution in [0, 0.1) is 12.8 Å². The minimum atomic E-state index is -0.479. The van der Waals surface area contributed by atoms with E-state index in [1.165, 1.54) is 0 Å². The lowest BCUT2D eigenvalue weighted by atomic mass is 10.1. The summed E-state index contributed by atoms with van der Waals surface area (Å²) in [5.74, 6) is 1.11. The summed E-state index contributed by atoms with van der Waals surface area (Å²) in [6, 6.07) is 7.86. The van der Waals surface area contributed by atoms with Gasteiger partial charge in [0.1, 0.15) is 5.75 Å². The second kappa shape index (κ2) is 6.43. The molecular weight excluding hydrogens is 226 g/mol. The molecule has 2 atom stereocenters. The van der Waals surface area contributed by atoms with E-state index >= 15 is 0 Å². The number of ether oxygens (including phenoxy) is 1. The smallest absolute Gasteiger partial charge is 0.260 e. The second-order valence-corrected chi connectivity index (χ2v) is 5.07. The number of rotatable bonds is 5. The molecule has 0 radical (unpaired) electrons. The average molecular weight is 249 g/mol. The Morgan fingerprint density at radius 3 is 2.33 bits per heavy atom. The summed E-state index contributed by atoms with van der Waals surface area (Å²) in [5.41, 5.74) is 1.04. The van der Waals surface area contributed by atoms with Crippen LogP contribution in [0.25, 0.3) is 0 Å². The summed E-state index contributed by atoms with van der Waals surface area (Å²) in [5, 5.41) is 2.95. The summed E-state index contributed by atoms with van der Waals surface area (Å²) in [4.78, 5) is 11.9. The Hall–Kier alpha value is -1.51. The number of hydrogen-bond acceptors (Lipinski definition) is 2. The molecule has 0 spiro atoms. The van der Waals surface area contributed by atoms with E-state index in [1.54, 1.807) is 6.92 Å². The second-order valence-electron chi connectivity index (χ2n) is 5.07. The molecule has 1 amide bonds. The van der Waals surface area contributed by atoms with Gasteiger partial charge in [-0.2, -0.15) is 0 Å². The highest BCUT2D eigenvalue weighted by atomic mass is 16.5. The Bertz CT molecular complexity index is 401. The van der Waals surface area contributed by atoms with Gasteiger partial charge in [-0.1, -0.05) is 32.0 Å². The lowest BCUT2D eigenvalue weighted by Gasteiger charge is -2.21. The predicted octanol–water partition coefficient (Wildman–Crippen LogP) is 2.92. The first kappa shape index (κ1) is 14.6. The Labute approximate surface area is 110 Å². The van der Waals surface area contributed by atoms with Crippen LogP contribution in [-0.2, 0) is 4.79 Å². The molecule has 0 aliphatic heterocycles. The Kier molecular flexibility index (Phi) is 5.20. The van der Waals surface area contributed by atoms with E-state index in [0.717, 1.165) is 11.3 Å². The van der Waals surface area contributed by atoms with Gasteiger partial charge >= 0.3 is 0 Å². The summed E-state index contributed by atoms with van der Waals surface area (Å²) in [6.45, 7) is 9.91. The fourth-order valence-corrected chi connectivity index (χ4v) is 1.44. The predicted molar refractivity (Wildman–Crippen MR) is 73.7 cm³/mol. The van der Waals surface area contributed by atoms with Crippen molar-refractivity contribution in [1.29, 1.82) is 0 Å². The van der Waals surface area contributed by atoms with E-state index < -0.39 is 6.10 Å². The molecule has 1 rings (SSSR count). The molecule has 0 saturated heterocycles. The lowest BCUT2D eigenvalue weighted by molar-refractivity contribution is -0.128. The molecule has 0 heterocycles. The third-order valence-corrected chi connectivity index (χ3v) is 3.14. The SMILES string of the molecule is Cc1ccccc1OC(C)C(=O)NC(C)C(C)C. The van der Waals surface area contributed by atoms with Crippen LogP contribution in [0.1, 0.15) is 33.3 Å². The molecule has 3 heteroatoms. The molecule has 0 aliphatic rings. The molecule has 0 aliphatic carbocycles. The number of hydrogen-bond donors (Lipinski definition) is 1. The third-order valence-electron chi connectivity index (χ3n) is 3.14. The molecule has 0 saturated carbocycles. The van der Waals surface area contributed by atoms with E-state index in [4.69, 9.17) is 4.74 Å². The number of nitrogens with one attached hydrogen (secondary N) is 1.